The van der Waals surface area contributed by atoms with Crippen LogP contribution in [0.4, 0.5) is 0 Å². The second-order valence-corrected chi connectivity index (χ2v) is 8.09. The van der Waals surface area contributed by atoms with Gasteiger partial charge in [0.05, 0.1) is 17.8 Å². The molecule has 0 saturated heterocycles. The maximum absolute atomic E-state index is 12.0. The molecular formula is C26H26N2OS. The van der Waals surface area contributed by atoms with E-state index in [-0.39, 0.29) is 17.2 Å². The lowest BCUT2D eigenvalue weighted by Crippen LogP contribution is -2.36. The minimum absolute atomic E-state index is 0.0458. The monoisotopic (exact) mass is 414 g/mol. The van der Waals surface area contributed by atoms with Gasteiger partial charge in [-0.05, 0) is 16.7 Å². The highest BCUT2D eigenvalue weighted by Gasteiger charge is 2.36. The Hall–Kier alpha value is -3.00. The van der Waals surface area contributed by atoms with Gasteiger partial charge in [0.25, 0.3) is 0 Å². The predicted octanol–water partition coefficient (Wildman–Crippen LogP) is 4.05. The minimum atomic E-state index is -0.365. The fourth-order valence-corrected chi connectivity index (χ4v) is 4.89. The van der Waals surface area contributed by atoms with E-state index in [0.717, 1.165) is 5.75 Å². The lowest BCUT2D eigenvalue weighted by Gasteiger charge is -2.35. The molecule has 0 aromatic heterocycles. The van der Waals surface area contributed by atoms with Crippen molar-refractivity contribution in [2.24, 2.45) is 0 Å². The summed E-state index contributed by atoms with van der Waals surface area (Å²) in [7, 11) is 0. The van der Waals surface area contributed by atoms with Crippen LogP contribution in [0.3, 0.4) is 0 Å². The summed E-state index contributed by atoms with van der Waals surface area (Å²) in [5.41, 5.74) is 3.65. The number of benzene rings is 3. The molecule has 0 radical (unpaired) electrons. The molecule has 0 unspecified atom stereocenters. The molecule has 1 amide bonds. The Bertz CT molecular complexity index is 856. The van der Waals surface area contributed by atoms with E-state index in [4.69, 9.17) is 6.42 Å². The molecular weight excluding hydrogens is 388 g/mol. The standard InChI is InChI=1S/C26H26N2OS/c1-2-18-27-21-25(29)28-19-20-30-26(22-12-6-3-7-13-22,23-14-8-4-9-15-23)24-16-10-5-11-17-24/h1,3-17,27H,18-21H2,(H,28,29). The molecule has 3 nitrogen and oxygen atoms in total. The number of rotatable bonds is 10. The van der Waals surface area contributed by atoms with Gasteiger partial charge < -0.3 is 5.32 Å². The van der Waals surface area contributed by atoms with E-state index >= 15 is 0 Å². The summed E-state index contributed by atoms with van der Waals surface area (Å²) in [5.74, 6) is 3.19. The van der Waals surface area contributed by atoms with Gasteiger partial charge in [-0.2, -0.15) is 0 Å². The molecule has 0 aliphatic rings. The maximum Gasteiger partial charge on any atom is 0.234 e. The van der Waals surface area contributed by atoms with E-state index in [1.54, 1.807) is 0 Å². The summed E-state index contributed by atoms with van der Waals surface area (Å²) < 4.78 is -0.365. The van der Waals surface area contributed by atoms with Crippen LogP contribution in [0.5, 0.6) is 0 Å². The normalized spacial score (nSPS) is 10.9. The van der Waals surface area contributed by atoms with Crippen LogP contribution >= 0.6 is 11.8 Å². The number of thioether (sulfide) groups is 1. The minimum Gasteiger partial charge on any atom is -0.354 e. The highest BCUT2D eigenvalue weighted by molar-refractivity contribution is 8.00. The lowest BCUT2D eigenvalue weighted by molar-refractivity contribution is -0.120. The Balaban J connectivity index is 1.87. The van der Waals surface area contributed by atoms with Gasteiger partial charge in [-0.25, -0.2) is 0 Å². The fourth-order valence-electron chi connectivity index (χ4n) is 3.47. The van der Waals surface area contributed by atoms with Crippen LogP contribution in [0.15, 0.2) is 91.0 Å². The second-order valence-electron chi connectivity index (χ2n) is 6.79. The summed E-state index contributed by atoms with van der Waals surface area (Å²) in [5, 5.41) is 5.89. The SMILES string of the molecule is C#CCNCC(=O)NCCSC(c1ccccc1)(c1ccccc1)c1ccccc1. The van der Waals surface area contributed by atoms with Crippen LogP contribution in [0.2, 0.25) is 0 Å². The van der Waals surface area contributed by atoms with Crippen LogP contribution < -0.4 is 10.6 Å². The van der Waals surface area contributed by atoms with Crippen LogP contribution in [0, 0.1) is 12.3 Å². The molecule has 3 aromatic carbocycles. The van der Waals surface area contributed by atoms with Gasteiger partial charge in [0.2, 0.25) is 5.91 Å². The van der Waals surface area contributed by atoms with Crippen LogP contribution in [0.1, 0.15) is 16.7 Å². The number of nitrogens with one attached hydrogen (secondary N) is 2. The largest absolute Gasteiger partial charge is 0.354 e. The average molecular weight is 415 g/mol. The summed E-state index contributed by atoms with van der Waals surface area (Å²) in [4.78, 5) is 12.0. The molecule has 0 bridgehead atoms. The zero-order valence-electron chi connectivity index (χ0n) is 16.9. The molecule has 0 aliphatic heterocycles. The summed E-state index contributed by atoms with van der Waals surface area (Å²) >= 11 is 1.83. The highest BCUT2D eigenvalue weighted by Crippen LogP contribution is 2.48. The van der Waals surface area contributed by atoms with Gasteiger partial charge >= 0.3 is 0 Å². The number of carbonyl (C=O) groups is 1. The molecule has 4 heteroatoms. The summed E-state index contributed by atoms with van der Waals surface area (Å²) in [6, 6.07) is 31.6. The molecule has 2 N–H and O–H groups in total. The molecule has 0 fully saturated rings. The van der Waals surface area contributed by atoms with Crippen LogP contribution in [-0.4, -0.2) is 31.3 Å². The van der Waals surface area contributed by atoms with E-state index in [9.17, 15) is 4.79 Å². The van der Waals surface area contributed by atoms with Gasteiger partial charge in [-0.1, -0.05) is 96.9 Å². The molecule has 0 spiro atoms. The van der Waals surface area contributed by atoms with Crippen molar-refractivity contribution in [2.75, 3.05) is 25.4 Å². The molecule has 30 heavy (non-hydrogen) atoms. The van der Waals surface area contributed by atoms with E-state index in [0.29, 0.717) is 13.1 Å². The molecule has 152 valence electrons. The first-order valence-corrected chi connectivity index (χ1v) is 11.0. The second kappa shape index (κ2) is 11.3. The quantitative estimate of drug-likeness (QED) is 0.299. The molecule has 0 saturated carbocycles. The van der Waals surface area contributed by atoms with Crippen molar-refractivity contribution in [1.29, 1.82) is 0 Å². The zero-order chi connectivity index (χ0) is 21.1. The number of carbonyl (C=O) groups excluding carboxylic acids is 1. The Kier molecular flexibility index (Phi) is 8.14. The van der Waals surface area contributed by atoms with Crippen molar-refractivity contribution in [3.05, 3.63) is 108 Å². The number of hydrogen-bond donors (Lipinski definition) is 2. The molecule has 3 rings (SSSR count). The Morgan fingerprint density at radius 1 is 0.833 bits per heavy atom. The van der Waals surface area contributed by atoms with E-state index < -0.39 is 0 Å². The first-order valence-electron chi connectivity index (χ1n) is 9.99. The van der Waals surface area contributed by atoms with Crippen molar-refractivity contribution >= 4 is 17.7 Å². The summed E-state index contributed by atoms with van der Waals surface area (Å²) in [6.45, 7) is 1.20. The van der Waals surface area contributed by atoms with Crippen molar-refractivity contribution in [1.82, 2.24) is 10.6 Å². The van der Waals surface area contributed by atoms with Gasteiger partial charge in [0.15, 0.2) is 0 Å². The topological polar surface area (TPSA) is 41.1 Å². The first-order chi connectivity index (χ1) is 14.8. The average Bonchev–Trinajstić information content (AvgIpc) is 2.81. The third-order valence-corrected chi connectivity index (χ3v) is 6.34. The smallest absolute Gasteiger partial charge is 0.234 e. The van der Waals surface area contributed by atoms with Gasteiger partial charge in [-0.15, -0.1) is 18.2 Å². The van der Waals surface area contributed by atoms with Gasteiger partial charge in [-0.3, -0.25) is 10.1 Å². The highest BCUT2D eigenvalue weighted by atomic mass is 32.2. The molecule has 0 aliphatic carbocycles. The molecule has 0 atom stereocenters. The third-order valence-electron chi connectivity index (χ3n) is 4.80. The Morgan fingerprint density at radius 2 is 1.30 bits per heavy atom. The maximum atomic E-state index is 12.0. The predicted molar refractivity (Wildman–Crippen MR) is 126 cm³/mol. The van der Waals surface area contributed by atoms with Gasteiger partial charge in [0, 0.05) is 12.3 Å². The van der Waals surface area contributed by atoms with Crippen molar-refractivity contribution in [3.63, 3.8) is 0 Å². The fraction of sp³-hybridized carbons (Fsp3) is 0.192. The van der Waals surface area contributed by atoms with Crippen LogP contribution in [0.25, 0.3) is 0 Å². The first kappa shape index (κ1) is 21.7. The van der Waals surface area contributed by atoms with Gasteiger partial charge in [0.1, 0.15) is 0 Å². The third kappa shape index (κ3) is 5.33. The van der Waals surface area contributed by atoms with Crippen molar-refractivity contribution in [2.45, 2.75) is 4.75 Å². The van der Waals surface area contributed by atoms with E-state index in [1.165, 1.54) is 16.7 Å². The van der Waals surface area contributed by atoms with Crippen molar-refractivity contribution < 1.29 is 4.79 Å². The zero-order valence-corrected chi connectivity index (χ0v) is 17.7. The van der Waals surface area contributed by atoms with Crippen LogP contribution in [-0.2, 0) is 9.54 Å². The Morgan fingerprint density at radius 3 is 1.73 bits per heavy atom. The van der Waals surface area contributed by atoms with E-state index in [2.05, 4.69) is 89.4 Å². The molecule has 0 heterocycles. The van der Waals surface area contributed by atoms with E-state index in [1.807, 2.05) is 30.0 Å². The number of terminal acetylenes is 1. The lowest BCUT2D eigenvalue weighted by atomic mass is 9.84. The number of hydrogen-bond acceptors (Lipinski definition) is 3. The number of amides is 1. The molecule has 3 aromatic rings. The van der Waals surface area contributed by atoms with Crippen molar-refractivity contribution in [3.8, 4) is 12.3 Å². The Labute approximate surface area is 183 Å². The summed E-state index contributed by atoms with van der Waals surface area (Å²) in [6.07, 6.45) is 5.20.